The average molecular weight is 324 g/mol. The van der Waals surface area contributed by atoms with Crippen molar-refractivity contribution < 1.29 is 5.11 Å². The highest BCUT2D eigenvalue weighted by molar-refractivity contribution is 9.10. The standard InChI is InChI=1S/C10H8BrClOS2/c11-7-5-9(15-10(7)12)8(13)4-6-2-1-3-14-6/h1-3,5,8,13H,4H2. The second-order valence-electron chi connectivity index (χ2n) is 3.07. The maximum atomic E-state index is 9.97. The zero-order chi connectivity index (χ0) is 10.8. The monoisotopic (exact) mass is 322 g/mol. The molecule has 5 heteroatoms. The topological polar surface area (TPSA) is 20.2 Å². The minimum Gasteiger partial charge on any atom is -0.387 e. The number of halogens is 2. The van der Waals surface area contributed by atoms with Crippen LogP contribution in [-0.2, 0) is 6.42 Å². The van der Waals surface area contributed by atoms with E-state index in [1.807, 2.05) is 23.6 Å². The van der Waals surface area contributed by atoms with Crippen LogP contribution < -0.4 is 0 Å². The Morgan fingerprint density at radius 3 is 2.87 bits per heavy atom. The first-order valence-electron chi connectivity index (χ1n) is 4.32. The Kier molecular flexibility index (Phi) is 3.85. The summed E-state index contributed by atoms with van der Waals surface area (Å²) in [7, 11) is 0. The fraction of sp³-hybridized carbons (Fsp3) is 0.200. The predicted octanol–water partition coefficient (Wildman–Crippen LogP) is 4.50. The molecule has 1 nitrogen and oxygen atoms in total. The minimum absolute atomic E-state index is 0.461. The molecule has 2 aromatic rings. The van der Waals surface area contributed by atoms with Gasteiger partial charge < -0.3 is 5.11 Å². The Morgan fingerprint density at radius 2 is 2.33 bits per heavy atom. The summed E-state index contributed by atoms with van der Waals surface area (Å²) in [6, 6.07) is 5.90. The molecule has 0 saturated heterocycles. The molecular formula is C10H8BrClOS2. The molecule has 2 heterocycles. The van der Waals surface area contributed by atoms with Crippen molar-refractivity contribution in [2.75, 3.05) is 0 Å². The maximum absolute atomic E-state index is 9.97. The van der Waals surface area contributed by atoms with Crippen LogP contribution in [0.1, 0.15) is 15.9 Å². The summed E-state index contributed by atoms with van der Waals surface area (Å²) < 4.78 is 1.55. The summed E-state index contributed by atoms with van der Waals surface area (Å²) in [6.45, 7) is 0. The highest BCUT2D eigenvalue weighted by atomic mass is 79.9. The fourth-order valence-corrected chi connectivity index (χ4v) is 3.71. The van der Waals surface area contributed by atoms with Crippen LogP contribution in [0, 0.1) is 0 Å². The lowest BCUT2D eigenvalue weighted by atomic mass is 10.2. The Morgan fingerprint density at radius 1 is 1.53 bits per heavy atom. The van der Waals surface area contributed by atoms with Crippen LogP contribution in [-0.4, -0.2) is 5.11 Å². The minimum atomic E-state index is -0.461. The molecule has 1 unspecified atom stereocenters. The lowest BCUT2D eigenvalue weighted by molar-refractivity contribution is 0.183. The third-order valence-electron chi connectivity index (χ3n) is 1.97. The molecule has 0 radical (unpaired) electrons. The van der Waals surface area contributed by atoms with Crippen molar-refractivity contribution in [3.63, 3.8) is 0 Å². The molecule has 0 amide bonds. The molecule has 0 aromatic carbocycles. The van der Waals surface area contributed by atoms with E-state index < -0.39 is 6.10 Å². The van der Waals surface area contributed by atoms with Crippen LogP contribution >= 0.6 is 50.2 Å². The van der Waals surface area contributed by atoms with E-state index in [1.54, 1.807) is 11.3 Å². The lowest BCUT2D eigenvalue weighted by Gasteiger charge is -2.05. The van der Waals surface area contributed by atoms with Gasteiger partial charge in [-0.15, -0.1) is 22.7 Å². The zero-order valence-electron chi connectivity index (χ0n) is 7.61. The molecule has 0 spiro atoms. The fourth-order valence-electron chi connectivity index (χ4n) is 1.25. The zero-order valence-corrected chi connectivity index (χ0v) is 11.6. The average Bonchev–Trinajstić information content (AvgIpc) is 2.78. The molecule has 0 bridgehead atoms. The van der Waals surface area contributed by atoms with Crippen molar-refractivity contribution in [1.82, 2.24) is 0 Å². The number of aliphatic hydroxyl groups excluding tert-OH is 1. The van der Waals surface area contributed by atoms with E-state index in [9.17, 15) is 5.11 Å². The number of aliphatic hydroxyl groups is 1. The van der Waals surface area contributed by atoms with Crippen molar-refractivity contribution in [2.45, 2.75) is 12.5 Å². The van der Waals surface area contributed by atoms with E-state index in [-0.39, 0.29) is 0 Å². The van der Waals surface area contributed by atoms with E-state index in [4.69, 9.17) is 11.6 Å². The lowest BCUT2D eigenvalue weighted by Crippen LogP contribution is -1.97. The smallest absolute Gasteiger partial charge is 0.107 e. The van der Waals surface area contributed by atoms with Gasteiger partial charge in [0.05, 0.1) is 6.10 Å². The van der Waals surface area contributed by atoms with E-state index in [1.165, 1.54) is 16.2 Å². The van der Waals surface area contributed by atoms with Gasteiger partial charge in [0, 0.05) is 20.6 Å². The number of thiophene rings is 2. The Balaban J connectivity index is 2.11. The second kappa shape index (κ2) is 4.97. The molecule has 0 fully saturated rings. The Hall–Kier alpha value is 0.130. The molecule has 2 rings (SSSR count). The first-order valence-corrected chi connectivity index (χ1v) is 7.18. The molecule has 1 N–H and O–H groups in total. The molecular weight excluding hydrogens is 316 g/mol. The van der Waals surface area contributed by atoms with Crippen LogP contribution in [0.3, 0.4) is 0 Å². The molecule has 80 valence electrons. The highest BCUT2D eigenvalue weighted by Crippen LogP contribution is 2.36. The van der Waals surface area contributed by atoms with E-state index in [2.05, 4.69) is 15.9 Å². The molecule has 0 saturated carbocycles. The third kappa shape index (κ3) is 2.82. The Labute approximate surface area is 109 Å². The number of hydrogen-bond acceptors (Lipinski definition) is 3. The van der Waals surface area contributed by atoms with Gasteiger partial charge in [0.2, 0.25) is 0 Å². The third-order valence-corrected chi connectivity index (χ3v) is 5.44. The van der Waals surface area contributed by atoms with Gasteiger partial charge in [0.15, 0.2) is 0 Å². The van der Waals surface area contributed by atoms with Crippen LogP contribution in [0.25, 0.3) is 0 Å². The largest absolute Gasteiger partial charge is 0.387 e. The van der Waals surface area contributed by atoms with Crippen molar-refractivity contribution >= 4 is 50.2 Å². The van der Waals surface area contributed by atoms with Crippen molar-refractivity contribution in [3.05, 3.63) is 42.1 Å². The molecule has 0 aliphatic heterocycles. The highest BCUT2D eigenvalue weighted by Gasteiger charge is 2.14. The van der Waals surface area contributed by atoms with Gasteiger partial charge in [-0.1, -0.05) is 17.7 Å². The molecule has 0 aliphatic rings. The summed E-state index contributed by atoms with van der Waals surface area (Å²) in [5.74, 6) is 0. The van der Waals surface area contributed by atoms with E-state index in [0.717, 1.165) is 9.35 Å². The van der Waals surface area contributed by atoms with Gasteiger partial charge in [0.1, 0.15) is 4.34 Å². The van der Waals surface area contributed by atoms with Crippen molar-refractivity contribution in [2.24, 2.45) is 0 Å². The summed E-state index contributed by atoms with van der Waals surface area (Å²) in [6.07, 6.45) is 0.193. The molecule has 15 heavy (non-hydrogen) atoms. The summed E-state index contributed by atoms with van der Waals surface area (Å²) in [5, 5.41) is 12.0. The summed E-state index contributed by atoms with van der Waals surface area (Å²) >= 11 is 12.3. The van der Waals surface area contributed by atoms with E-state index in [0.29, 0.717) is 10.8 Å². The second-order valence-corrected chi connectivity index (χ2v) is 6.64. The Bertz CT molecular complexity index is 419. The summed E-state index contributed by atoms with van der Waals surface area (Å²) in [4.78, 5) is 2.09. The van der Waals surface area contributed by atoms with Crippen molar-refractivity contribution in [1.29, 1.82) is 0 Å². The van der Waals surface area contributed by atoms with Gasteiger partial charge in [-0.2, -0.15) is 0 Å². The van der Waals surface area contributed by atoms with Crippen LogP contribution in [0.15, 0.2) is 28.1 Å². The van der Waals surface area contributed by atoms with Gasteiger partial charge >= 0.3 is 0 Å². The number of hydrogen-bond donors (Lipinski definition) is 1. The summed E-state index contributed by atoms with van der Waals surface area (Å²) in [5.41, 5.74) is 0. The molecule has 1 atom stereocenters. The van der Waals surface area contributed by atoms with Gasteiger partial charge in [-0.05, 0) is 33.4 Å². The van der Waals surface area contributed by atoms with Crippen LogP contribution in [0.5, 0.6) is 0 Å². The quantitative estimate of drug-likeness (QED) is 0.881. The van der Waals surface area contributed by atoms with Crippen LogP contribution in [0.4, 0.5) is 0 Å². The van der Waals surface area contributed by atoms with Gasteiger partial charge in [0.25, 0.3) is 0 Å². The molecule has 2 aromatic heterocycles. The predicted molar refractivity (Wildman–Crippen MR) is 70.0 cm³/mol. The normalized spacial score (nSPS) is 13.0. The first-order chi connectivity index (χ1) is 7.16. The van der Waals surface area contributed by atoms with Crippen LogP contribution in [0.2, 0.25) is 4.34 Å². The maximum Gasteiger partial charge on any atom is 0.107 e. The first kappa shape index (κ1) is 11.6. The molecule has 0 aliphatic carbocycles. The van der Waals surface area contributed by atoms with Crippen molar-refractivity contribution in [3.8, 4) is 0 Å². The SMILES string of the molecule is OC(Cc1cccs1)c1cc(Br)c(Cl)s1. The van der Waals surface area contributed by atoms with Gasteiger partial charge in [-0.3, -0.25) is 0 Å². The number of rotatable bonds is 3. The van der Waals surface area contributed by atoms with E-state index >= 15 is 0 Å². The van der Waals surface area contributed by atoms with Gasteiger partial charge in [-0.25, -0.2) is 0 Å².